The van der Waals surface area contributed by atoms with Gasteiger partial charge in [0, 0.05) is 37.3 Å². The predicted molar refractivity (Wildman–Crippen MR) is 67.3 cm³/mol. The lowest BCUT2D eigenvalue weighted by Gasteiger charge is -2.06. The highest BCUT2D eigenvalue weighted by Gasteiger charge is 2.00. The average molecular weight is 229 g/mol. The van der Waals surface area contributed by atoms with Gasteiger partial charge in [0.15, 0.2) is 0 Å². The molecule has 2 aromatic rings. The van der Waals surface area contributed by atoms with Crippen molar-refractivity contribution in [3.63, 3.8) is 0 Å². The monoisotopic (exact) mass is 229 g/mol. The Morgan fingerprint density at radius 3 is 2.94 bits per heavy atom. The molecule has 1 aromatic carbocycles. The first-order valence-electron chi connectivity index (χ1n) is 5.58. The standard InChI is InChI=1S/C13H15N3O/c14-13(17)5-6-15-8-11-9-16-7-10-3-1-2-4-12(10)11/h1-4,7,9,15H,5-6,8H2,(H2,14,17). The van der Waals surface area contributed by atoms with Gasteiger partial charge in [0.25, 0.3) is 0 Å². The molecule has 0 spiro atoms. The van der Waals surface area contributed by atoms with E-state index < -0.39 is 0 Å². The number of pyridine rings is 1. The second kappa shape index (κ2) is 5.41. The summed E-state index contributed by atoms with van der Waals surface area (Å²) in [5.74, 6) is -0.284. The minimum Gasteiger partial charge on any atom is -0.370 e. The maximum atomic E-state index is 10.6. The summed E-state index contributed by atoms with van der Waals surface area (Å²) in [6.07, 6.45) is 4.06. The Kier molecular flexibility index (Phi) is 3.67. The molecule has 0 aliphatic carbocycles. The summed E-state index contributed by atoms with van der Waals surface area (Å²) in [4.78, 5) is 14.8. The summed E-state index contributed by atoms with van der Waals surface area (Å²) in [5.41, 5.74) is 6.20. The highest BCUT2D eigenvalue weighted by Crippen LogP contribution is 2.16. The zero-order valence-corrected chi connectivity index (χ0v) is 9.52. The van der Waals surface area contributed by atoms with Crippen molar-refractivity contribution < 1.29 is 4.79 Å². The molecule has 0 saturated carbocycles. The number of hydrogen-bond donors (Lipinski definition) is 2. The molecule has 17 heavy (non-hydrogen) atoms. The molecule has 4 nitrogen and oxygen atoms in total. The van der Waals surface area contributed by atoms with E-state index in [0.717, 1.165) is 10.9 Å². The Hall–Kier alpha value is -1.94. The van der Waals surface area contributed by atoms with Crippen molar-refractivity contribution in [3.05, 3.63) is 42.2 Å². The van der Waals surface area contributed by atoms with Gasteiger partial charge in [-0.05, 0) is 10.9 Å². The first kappa shape index (κ1) is 11.5. The lowest BCUT2D eigenvalue weighted by molar-refractivity contribution is -0.117. The first-order valence-corrected chi connectivity index (χ1v) is 5.58. The van der Waals surface area contributed by atoms with Gasteiger partial charge in [0.1, 0.15) is 0 Å². The van der Waals surface area contributed by atoms with Crippen LogP contribution in [0.25, 0.3) is 10.8 Å². The number of primary amides is 1. The molecule has 0 aliphatic heterocycles. The number of nitrogens with two attached hydrogens (primary N) is 1. The van der Waals surface area contributed by atoms with Crippen LogP contribution >= 0.6 is 0 Å². The normalized spacial score (nSPS) is 10.6. The molecule has 0 atom stereocenters. The van der Waals surface area contributed by atoms with Crippen LogP contribution in [0.4, 0.5) is 0 Å². The van der Waals surface area contributed by atoms with E-state index in [1.54, 1.807) is 0 Å². The zero-order chi connectivity index (χ0) is 12.1. The van der Waals surface area contributed by atoms with E-state index >= 15 is 0 Å². The van der Waals surface area contributed by atoms with Crippen LogP contribution in [0.5, 0.6) is 0 Å². The molecule has 0 bridgehead atoms. The lowest BCUT2D eigenvalue weighted by atomic mass is 10.1. The van der Waals surface area contributed by atoms with Crippen LogP contribution in [0, 0.1) is 0 Å². The second-order valence-electron chi connectivity index (χ2n) is 3.91. The highest BCUT2D eigenvalue weighted by atomic mass is 16.1. The molecule has 0 radical (unpaired) electrons. The Labute approximate surface area is 99.8 Å². The Balaban J connectivity index is 2.05. The molecule has 0 aliphatic rings. The van der Waals surface area contributed by atoms with Gasteiger partial charge >= 0.3 is 0 Å². The number of rotatable bonds is 5. The fourth-order valence-electron chi connectivity index (χ4n) is 1.75. The van der Waals surface area contributed by atoms with Crippen LogP contribution in [0.3, 0.4) is 0 Å². The summed E-state index contributed by atoms with van der Waals surface area (Å²) in [6, 6.07) is 8.11. The minimum absolute atomic E-state index is 0.284. The Morgan fingerprint density at radius 1 is 1.29 bits per heavy atom. The van der Waals surface area contributed by atoms with E-state index in [4.69, 9.17) is 5.73 Å². The molecule has 3 N–H and O–H groups in total. The van der Waals surface area contributed by atoms with Crippen molar-refractivity contribution in [2.45, 2.75) is 13.0 Å². The summed E-state index contributed by atoms with van der Waals surface area (Å²) < 4.78 is 0. The number of carbonyl (C=O) groups is 1. The zero-order valence-electron chi connectivity index (χ0n) is 9.52. The summed E-state index contributed by atoms with van der Waals surface area (Å²) in [7, 11) is 0. The molecular formula is C13H15N3O. The number of amides is 1. The van der Waals surface area contributed by atoms with Crippen molar-refractivity contribution in [1.29, 1.82) is 0 Å². The van der Waals surface area contributed by atoms with E-state index in [0.29, 0.717) is 19.5 Å². The second-order valence-corrected chi connectivity index (χ2v) is 3.91. The largest absolute Gasteiger partial charge is 0.370 e. The van der Waals surface area contributed by atoms with Crippen LogP contribution < -0.4 is 11.1 Å². The topological polar surface area (TPSA) is 68.0 Å². The van der Waals surface area contributed by atoms with Crippen molar-refractivity contribution >= 4 is 16.7 Å². The molecule has 0 fully saturated rings. The van der Waals surface area contributed by atoms with Gasteiger partial charge in [-0.1, -0.05) is 24.3 Å². The minimum atomic E-state index is -0.284. The number of hydrogen-bond acceptors (Lipinski definition) is 3. The fraction of sp³-hybridized carbons (Fsp3) is 0.231. The van der Waals surface area contributed by atoms with Crippen molar-refractivity contribution in [2.75, 3.05) is 6.54 Å². The smallest absolute Gasteiger partial charge is 0.218 e. The van der Waals surface area contributed by atoms with Crippen molar-refractivity contribution in [2.24, 2.45) is 5.73 Å². The van der Waals surface area contributed by atoms with Gasteiger partial charge in [-0.3, -0.25) is 9.78 Å². The van der Waals surface area contributed by atoms with Gasteiger partial charge in [-0.2, -0.15) is 0 Å². The Morgan fingerprint density at radius 2 is 2.12 bits per heavy atom. The van der Waals surface area contributed by atoms with Crippen molar-refractivity contribution in [3.8, 4) is 0 Å². The van der Waals surface area contributed by atoms with E-state index in [1.807, 2.05) is 30.6 Å². The maximum absolute atomic E-state index is 10.6. The summed E-state index contributed by atoms with van der Waals surface area (Å²) in [6.45, 7) is 1.29. The number of nitrogens with zero attached hydrogens (tertiary/aromatic N) is 1. The number of fused-ring (bicyclic) bond motifs is 1. The van der Waals surface area contributed by atoms with Crippen LogP contribution in [-0.2, 0) is 11.3 Å². The van der Waals surface area contributed by atoms with Crippen LogP contribution in [-0.4, -0.2) is 17.4 Å². The summed E-state index contributed by atoms with van der Waals surface area (Å²) in [5, 5.41) is 5.50. The number of carbonyl (C=O) groups excluding carboxylic acids is 1. The lowest BCUT2D eigenvalue weighted by Crippen LogP contribution is -2.21. The molecule has 1 heterocycles. The Bertz CT molecular complexity index is 520. The predicted octanol–water partition coefficient (Wildman–Crippen LogP) is 1.20. The van der Waals surface area contributed by atoms with E-state index in [9.17, 15) is 4.79 Å². The third-order valence-corrected chi connectivity index (χ3v) is 2.61. The third kappa shape index (κ3) is 3.01. The van der Waals surface area contributed by atoms with Crippen molar-refractivity contribution in [1.82, 2.24) is 10.3 Å². The fourth-order valence-corrected chi connectivity index (χ4v) is 1.75. The van der Waals surface area contributed by atoms with Gasteiger partial charge < -0.3 is 11.1 Å². The molecule has 0 unspecified atom stereocenters. The number of benzene rings is 1. The van der Waals surface area contributed by atoms with Crippen LogP contribution in [0.2, 0.25) is 0 Å². The quantitative estimate of drug-likeness (QED) is 0.757. The van der Waals surface area contributed by atoms with E-state index in [1.165, 1.54) is 5.39 Å². The molecular weight excluding hydrogens is 214 g/mol. The molecule has 1 amide bonds. The molecule has 4 heteroatoms. The highest BCUT2D eigenvalue weighted by molar-refractivity contribution is 5.84. The number of nitrogens with one attached hydrogen (secondary N) is 1. The third-order valence-electron chi connectivity index (χ3n) is 2.61. The summed E-state index contributed by atoms with van der Waals surface area (Å²) >= 11 is 0. The van der Waals surface area contributed by atoms with E-state index in [-0.39, 0.29) is 5.91 Å². The van der Waals surface area contributed by atoms with Gasteiger partial charge in [0.2, 0.25) is 5.91 Å². The van der Waals surface area contributed by atoms with E-state index in [2.05, 4.69) is 16.4 Å². The molecule has 1 aromatic heterocycles. The van der Waals surface area contributed by atoms with Gasteiger partial charge in [0.05, 0.1) is 0 Å². The van der Waals surface area contributed by atoms with Gasteiger partial charge in [-0.25, -0.2) is 0 Å². The molecule has 88 valence electrons. The average Bonchev–Trinajstić information content (AvgIpc) is 2.34. The molecule has 2 rings (SSSR count). The van der Waals surface area contributed by atoms with Gasteiger partial charge in [-0.15, -0.1) is 0 Å². The van der Waals surface area contributed by atoms with Crippen LogP contribution in [0.15, 0.2) is 36.7 Å². The SMILES string of the molecule is NC(=O)CCNCc1cncc2ccccc12. The first-order chi connectivity index (χ1) is 8.27. The molecule has 0 saturated heterocycles. The van der Waals surface area contributed by atoms with Crippen LogP contribution in [0.1, 0.15) is 12.0 Å². The maximum Gasteiger partial charge on any atom is 0.218 e. The number of aromatic nitrogens is 1.